The summed E-state index contributed by atoms with van der Waals surface area (Å²) in [6.45, 7) is 13.0. The normalized spacial score (nSPS) is 17.6. The zero-order valence-corrected chi connectivity index (χ0v) is 31.1. The Hall–Kier alpha value is -4.88. The molecule has 0 radical (unpaired) electrons. The molecule has 0 saturated carbocycles. The maximum absolute atomic E-state index is 13.8. The van der Waals surface area contributed by atoms with Crippen molar-refractivity contribution in [3.8, 4) is 0 Å². The summed E-state index contributed by atoms with van der Waals surface area (Å²) in [5, 5.41) is 6.75. The molecule has 12 nitrogen and oxygen atoms in total. The Balaban J connectivity index is 0.848. The van der Waals surface area contributed by atoms with Crippen LogP contribution < -0.4 is 15.1 Å². The molecule has 4 aromatic carbocycles. The van der Waals surface area contributed by atoms with Crippen LogP contribution >= 0.6 is 0 Å². The van der Waals surface area contributed by atoms with Gasteiger partial charge in [0, 0.05) is 114 Å². The van der Waals surface area contributed by atoms with Crippen LogP contribution in [-0.2, 0) is 9.47 Å². The van der Waals surface area contributed by atoms with Crippen LogP contribution in [0.1, 0.15) is 61.7 Å². The summed E-state index contributed by atoms with van der Waals surface area (Å²) >= 11 is 0. The highest BCUT2D eigenvalue weighted by Crippen LogP contribution is 2.38. The van der Waals surface area contributed by atoms with Crippen LogP contribution in [0.25, 0.3) is 21.5 Å². The first-order valence-electron chi connectivity index (χ1n) is 19.3. The van der Waals surface area contributed by atoms with E-state index >= 15 is 0 Å². The van der Waals surface area contributed by atoms with Gasteiger partial charge in [0.15, 0.2) is 0 Å². The number of anilines is 2. The standard InChI is InChI=1S/C42H48N6O6/c1-28(2)44(18-19-48-40(50)32-9-4-7-30-36(46-22-26-54-27-23-46)13-11-34(38(30)32)42(48)52)16-5-14-43-15-17-47-39(49)31-8-3-6-29-35(45-20-24-53-25-21-45)12-10-33(37(29)31)41(47)51/h3-4,6-13,28,43H,5,14-27H2,1-2H3. The van der Waals surface area contributed by atoms with E-state index in [1.54, 1.807) is 0 Å². The summed E-state index contributed by atoms with van der Waals surface area (Å²) in [6.07, 6.45) is 0.820. The summed E-state index contributed by atoms with van der Waals surface area (Å²) < 4.78 is 11.1. The van der Waals surface area contributed by atoms with Crippen LogP contribution in [0.15, 0.2) is 60.7 Å². The monoisotopic (exact) mass is 732 g/mol. The number of amides is 4. The molecule has 54 heavy (non-hydrogen) atoms. The number of imide groups is 2. The Kier molecular flexibility index (Phi) is 10.3. The topological polar surface area (TPSA) is 115 Å². The number of nitrogens with one attached hydrogen (secondary N) is 1. The van der Waals surface area contributed by atoms with Crippen molar-refractivity contribution in [3.05, 3.63) is 82.9 Å². The summed E-state index contributed by atoms with van der Waals surface area (Å²) in [5.41, 5.74) is 4.33. The molecule has 1 N–H and O–H groups in total. The number of carbonyl (C=O) groups excluding carboxylic acids is 4. The Morgan fingerprint density at radius 3 is 1.54 bits per heavy atom. The number of morpholine rings is 2. The van der Waals surface area contributed by atoms with Crippen molar-refractivity contribution < 1.29 is 28.7 Å². The number of carbonyl (C=O) groups is 4. The number of ether oxygens (including phenoxy) is 2. The van der Waals surface area contributed by atoms with E-state index < -0.39 is 0 Å². The van der Waals surface area contributed by atoms with Crippen LogP contribution in [0.2, 0.25) is 0 Å². The van der Waals surface area contributed by atoms with E-state index in [0.717, 1.165) is 72.1 Å². The number of benzene rings is 4. The SMILES string of the molecule is CC(C)N(CCCNCCN1C(=O)c2cccc3c(N4CCOCC4)ccc(c23)C1=O)CCN1C(=O)c2cccc3c(N4CCOCC4)ccc(c23)C1=O. The van der Waals surface area contributed by atoms with Gasteiger partial charge in [-0.25, -0.2) is 0 Å². The summed E-state index contributed by atoms with van der Waals surface area (Å²) in [7, 11) is 0. The van der Waals surface area contributed by atoms with Gasteiger partial charge in [-0.2, -0.15) is 0 Å². The zero-order chi connectivity index (χ0) is 37.3. The zero-order valence-electron chi connectivity index (χ0n) is 31.1. The highest BCUT2D eigenvalue weighted by Gasteiger charge is 2.35. The largest absolute Gasteiger partial charge is 0.378 e. The van der Waals surface area contributed by atoms with Gasteiger partial charge in [0.05, 0.1) is 26.4 Å². The fourth-order valence-electron chi connectivity index (χ4n) is 8.41. The lowest BCUT2D eigenvalue weighted by Gasteiger charge is -2.33. The van der Waals surface area contributed by atoms with E-state index in [-0.39, 0.29) is 36.2 Å². The molecule has 2 saturated heterocycles. The lowest BCUT2D eigenvalue weighted by atomic mass is 9.92. The molecule has 4 aromatic rings. The minimum Gasteiger partial charge on any atom is -0.378 e. The van der Waals surface area contributed by atoms with Gasteiger partial charge < -0.3 is 24.6 Å². The second kappa shape index (κ2) is 15.5. The van der Waals surface area contributed by atoms with Gasteiger partial charge in [-0.15, -0.1) is 0 Å². The van der Waals surface area contributed by atoms with E-state index in [9.17, 15) is 19.2 Å². The average molecular weight is 733 g/mol. The van der Waals surface area contributed by atoms with Crippen LogP contribution in [0, 0.1) is 0 Å². The van der Waals surface area contributed by atoms with Gasteiger partial charge in [0.2, 0.25) is 0 Å². The van der Waals surface area contributed by atoms with E-state index in [1.165, 1.54) is 9.80 Å². The first kappa shape index (κ1) is 36.1. The van der Waals surface area contributed by atoms with Gasteiger partial charge in [-0.1, -0.05) is 24.3 Å². The number of hydrogen-bond acceptors (Lipinski definition) is 10. The molecule has 0 atom stereocenters. The molecular weight excluding hydrogens is 684 g/mol. The third-order valence-electron chi connectivity index (χ3n) is 11.3. The molecule has 4 aliphatic rings. The number of rotatable bonds is 13. The molecular formula is C42H48N6O6. The third-order valence-corrected chi connectivity index (χ3v) is 11.3. The molecule has 282 valence electrons. The Labute approximate surface area is 315 Å². The molecule has 2 fully saturated rings. The van der Waals surface area contributed by atoms with Crippen molar-refractivity contribution in [1.82, 2.24) is 20.0 Å². The fourth-order valence-corrected chi connectivity index (χ4v) is 8.41. The molecule has 0 unspecified atom stereocenters. The molecule has 4 amide bonds. The predicted molar refractivity (Wildman–Crippen MR) is 209 cm³/mol. The van der Waals surface area contributed by atoms with E-state index in [0.29, 0.717) is 74.9 Å². The lowest BCUT2D eigenvalue weighted by molar-refractivity contribution is 0.0579. The van der Waals surface area contributed by atoms with Crippen molar-refractivity contribution in [3.63, 3.8) is 0 Å². The Morgan fingerprint density at radius 1 is 0.593 bits per heavy atom. The third kappa shape index (κ3) is 6.61. The highest BCUT2D eigenvalue weighted by molar-refractivity contribution is 6.28. The van der Waals surface area contributed by atoms with Gasteiger partial charge in [0.1, 0.15) is 0 Å². The molecule has 12 heteroatoms. The second-order valence-corrected chi connectivity index (χ2v) is 14.7. The van der Waals surface area contributed by atoms with Crippen LogP contribution in [0.3, 0.4) is 0 Å². The number of nitrogens with zero attached hydrogens (tertiary/aromatic N) is 5. The van der Waals surface area contributed by atoms with Crippen LogP contribution in [0.4, 0.5) is 11.4 Å². The summed E-state index contributed by atoms with van der Waals surface area (Å²) in [4.78, 5) is 64.3. The van der Waals surface area contributed by atoms with Crippen molar-refractivity contribution in [2.45, 2.75) is 26.3 Å². The molecule has 4 aliphatic heterocycles. The highest BCUT2D eigenvalue weighted by atomic mass is 16.5. The minimum atomic E-state index is -0.261. The molecule has 0 spiro atoms. The quantitative estimate of drug-likeness (QED) is 0.158. The molecule has 0 aliphatic carbocycles. The van der Waals surface area contributed by atoms with Crippen molar-refractivity contribution >= 4 is 56.5 Å². The van der Waals surface area contributed by atoms with E-state index in [1.807, 2.05) is 60.7 Å². The van der Waals surface area contributed by atoms with Gasteiger partial charge in [-0.05, 0) is 69.8 Å². The number of hydrogen-bond donors (Lipinski definition) is 1. The predicted octanol–water partition coefficient (Wildman–Crippen LogP) is 4.25. The summed E-state index contributed by atoms with van der Waals surface area (Å²) in [6, 6.07) is 19.4. The fraction of sp³-hybridized carbons (Fsp3) is 0.429. The summed E-state index contributed by atoms with van der Waals surface area (Å²) in [5.74, 6) is -1.02. The van der Waals surface area contributed by atoms with E-state index in [4.69, 9.17) is 9.47 Å². The maximum Gasteiger partial charge on any atom is 0.261 e. The second-order valence-electron chi connectivity index (χ2n) is 14.7. The van der Waals surface area contributed by atoms with Crippen LogP contribution in [-0.4, -0.2) is 136 Å². The Morgan fingerprint density at radius 2 is 1.06 bits per heavy atom. The van der Waals surface area contributed by atoms with Crippen molar-refractivity contribution in [2.24, 2.45) is 0 Å². The van der Waals surface area contributed by atoms with Crippen LogP contribution in [0.5, 0.6) is 0 Å². The average Bonchev–Trinajstić information content (AvgIpc) is 3.20. The minimum absolute atomic E-state index is 0.210. The molecule has 0 bridgehead atoms. The van der Waals surface area contributed by atoms with Gasteiger partial charge >= 0.3 is 0 Å². The van der Waals surface area contributed by atoms with Crippen molar-refractivity contribution in [2.75, 3.05) is 102 Å². The van der Waals surface area contributed by atoms with E-state index in [2.05, 4.69) is 33.9 Å². The van der Waals surface area contributed by atoms with Gasteiger partial charge in [-0.3, -0.25) is 33.9 Å². The van der Waals surface area contributed by atoms with Gasteiger partial charge in [0.25, 0.3) is 23.6 Å². The lowest BCUT2D eigenvalue weighted by Crippen LogP contribution is -2.46. The Bertz CT molecular complexity index is 2060. The molecule has 4 heterocycles. The molecule has 0 aromatic heterocycles. The first-order chi connectivity index (χ1) is 26.3. The first-order valence-corrected chi connectivity index (χ1v) is 19.3. The van der Waals surface area contributed by atoms with Crippen molar-refractivity contribution in [1.29, 1.82) is 0 Å². The molecule has 8 rings (SSSR count). The maximum atomic E-state index is 13.8. The smallest absolute Gasteiger partial charge is 0.261 e.